The fraction of sp³-hybridized carbons (Fsp3) is 0.250. The summed E-state index contributed by atoms with van der Waals surface area (Å²) in [6.07, 6.45) is 1.85. The molecule has 165 valence electrons. The third-order valence-corrected chi connectivity index (χ3v) is 9.43. The Morgan fingerprint density at radius 1 is 0.710 bits per heavy atom. The van der Waals surface area contributed by atoms with Gasteiger partial charge in [0.25, 0.3) is 0 Å². The van der Waals surface area contributed by atoms with E-state index in [1.54, 1.807) is 0 Å². The molecule has 0 N–H and O–H groups in total. The Morgan fingerprint density at radius 2 is 1.23 bits per heavy atom. The average Bonchev–Trinajstić information content (AvgIpc) is 2.72. The second-order valence-corrected chi connectivity index (χ2v) is 21.6. The van der Waals surface area contributed by atoms with Crippen molar-refractivity contribution in [2.45, 2.75) is 39.3 Å². The summed E-state index contributed by atoms with van der Waals surface area (Å²) in [7, 11) is 6.62. The molecular formula is C24H28Cl2CoN2Si2. The molecule has 0 aliphatic rings. The van der Waals surface area contributed by atoms with Crippen LogP contribution in [0.5, 0.6) is 0 Å². The van der Waals surface area contributed by atoms with Gasteiger partial charge < -0.3 is 0 Å². The fourth-order valence-electron chi connectivity index (χ4n) is 3.53. The molecule has 2 aromatic carbocycles. The molecule has 2 aromatic heterocycles. The van der Waals surface area contributed by atoms with Gasteiger partial charge in [0, 0.05) is 17.0 Å². The van der Waals surface area contributed by atoms with Crippen molar-refractivity contribution in [2.75, 3.05) is 0 Å². The van der Waals surface area contributed by atoms with Crippen LogP contribution in [0, 0.1) is 0 Å². The number of fused-ring (bicyclic) bond motifs is 3. The monoisotopic (exact) mass is 529 g/mol. The number of aromatic nitrogens is 2. The first-order chi connectivity index (χ1) is 14.5. The molecule has 0 aliphatic heterocycles. The van der Waals surface area contributed by atoms with Crippen LogP contribution in [0.2, 0.25) is 39.3 Å². The van der Waals surface area contributed by atoms with Gasteiger partial charge in [-0.25, -0.2) is 4.98 Å². The van der Waals surface area contributed by atoms with Gasteiger partial charge in [0.1, 0.15) is 0 Å². The second-order valence-electron chi connectivity index (χ2n) is 9.76. The summed E-state index contributed by atoms with van der Waals surface area (Å²) >= 11 is 0.382. The van der Waals surface area contributed by atoms with E-state index >= 15 is 0 Å². The van der Waals surface area contributed by atoms with Crippen molar-refractivity contribution in [3.05, 3.63) is 60.8 Å². The molecule has 2 heterocycles. The molecule has 0 bridgehead atoms. The molecule has 4 aromatic rings. The van der Waals surface area contributed by atoms with E-state index in [2.05, 4.69) is 92.8 Å². The second kappa shape index (κ2) is 9.73. The molecule has 0 unspecified atom stereocenters. The average molecular weight is 531 g/mol. The summed E-state index contributed by atoms with van der Waals surface area (Å²) in [4.78, 5) is 9.70. The number of nitrogens with zero attached hydrogens (tertiary/aromatic N) is 2. The number of hydrogen-bond donors (Lipinski definition) is 0. The van der Waals surface area contributed by atoms with E-state index in [0.717, 1.165) is 27.5 Å². The molecular weight excluding hydrogens is 502 g/mol. The maximum absolute atomic E-state index is 5.09. The van der Waals surface area contributed by atoms with Gasteiger partial charge in [-0.1, -0.05) is 92.1 Å². The molecule has 7 heteroatoms. The minimum atomic E-state index is -1.42. The number of hydrogen-bond acceptors (Lipinski definition) is 2. The Hall–Kier alpha value is -1.22. The molecule has 0 radical (unpaired) electrons. The van der Waals surface area contributed by atoms with Crippen LogP contribution in [0.25, 0.3) is 33.1 Å². The number of benzene rings is 2. The summed E-state index contributed by atoms with van der Waals surface area (Å²) in [5.74, 6) is 0. The first-order valence-electron chi connectivity index (χ1n) is 10.2. The summed E-state index contributed by atoms with van der Waals surface area (Å²) in [5, 5.41) is 5.31. The Labute approximate surface area is 201 Å². The van der Waals surface area contributed by atoms with Crippen LogP contribution in [-0.4, -0.2) is 26.1 Å². The van der Waals surface area contributed by atoms with Crippen molar-refractivity contribution >= 4 is 68.6 Å². The third-order valence-electron chi connectivity index (χ3n) is 5.39. The van der Waals surface area contributed by atoms with Crippen LogP contribution in [0.1, 0.15) is 0 Å². The molecule has 0 saturated heterocycles. The molecule has 0 saturated carbocycles. The van der Waals surface area contributed by atoms with E-state index in [4.69, 9.17) is 25.3 Å². The van der Waals surface area contributed by atoms with Crippen LogP contribution in [-0.2, 0) is 12.9 Å². The van der Waals surface area contributed by atoms with Crippen molar-refractivity contribution in [1.82, 2.24) is 9.97 Å². The zero-order valence-corrected chi connectivity index (χ0v) is 23.3. The summed E-state index contributed by atoms with van der Waals surface area (Å²) in [5.41, 5.74) is 4.26. The van der Waals surface area contributed by atoms with Gasteiger partial charge in [-0.05, 0) is 17.7 Å². The van der Waals surface area contributed by atoms with Gasteiger partial charge in [-0.2, -0.15) is 0 Å². The van der Waals surface area contributed by atoms with Gasteiger partial charge in [-0.3, -0.25) is 4.98 Å². The Bertz CT molecular complexity index is 1190. The summed E-state index contributed by atoms with van der Waals surface area (Å²) in [6, 6.07) is 19.9. The standard InChI is InChI=1S/C24H28N2Si2.2ClH.Co/c1-27(2,3)20-14-19(15-21(16-20)28(4,5)6)22-12-11-18-10-9-17-8-7-13-25-23(17)24(18)26-22;;;/h7-16H,1-6H3;2*1H;/q;;;+2/p-2. The Kier molecular flexibility index (Phi) is 7.66. The SMILES string of the molecule is C[Si](C)(C)c1cc(-c2ccc3ccc4cccnc4c3n2)cc([Si](C)(C)C)c1.[Cl][Co][Cl]. The molecule has 31 heavy (non-hydrogen) atoms. The van der Waals surface area contributed by atoms with Crippen LogP contribution in [0.3, 0.4) is 0 Å². The van der Waals surface area contributed by atoms with Crippen molar-refractivity contribution in [3.63, 3.8) is 0 Å². The van der Waals surface area contributed by atoms with Crippen LogP contribution in [0.4, 0.5) is 0 Å². The quantitative estimate of drug-likeness (QED) is 0.212. The Balaban J connectivity index is 0.000000858. The van der Waals surface area contributed by atoms with E-state index in [1.807, 2.05) is 12.3 Å². The van der Waals surface area contributed by atoms with E-state index in [-0.39, 0.29) is 0 Å². The van der Waals surface area contributed by atoms with Gasteiger partial charge >= 0.3 is 33.2 Å². The van der Waals surface area contributed by atoms with E-state index in [0.29, 0.717) is 12.9 Å². The van der Waals surface area contributed by atoms with E-state index < -0.39 is 16.1 Å². The van der Waals surface area contributed by atoms with Crippen LogP contribution in [0.15, 0.2) is 60.8 Å². The predicted molar refractivity (Wildman–Crippen MR) is 140 cm³/mol. The Morgan fingerprint density at radius 3 is 1.77 bits per heavy atom. The maximum atomic E-state index is 5.09. The fourth-order valence-corrected chi connectivity index (χ4v) is 6.02. The van der Waals surface area contributed by atoms with Crippen molar-refractivity contribution in [1.29, 1.82) is 0 Å². The van der Waals surface area contributed by atoms with Gasteiger partial charge in [0.15, 0.2) is 0 Å². The van der Waals surface area contributed by atoms with E-state index in [9.17, 15) is 0 Å². The van der Waals surface area contributed by atoms with Gasteiger partial charge in [0.2, 0.25) is 0 Å². The number of rotatable bonds is 3. The van der Waals surface area contributed by atoms with Crippen molar-refractivity contribution in [3.8, 4) is 11.3 Å². The third kappa shape index (κ3) is 5.78. The van der Waals surface area contributed by atoms with Crippen molar-refractivity contribution in [2.24, 2.45) is 0 Å². The van der Waals surface area contributed by atoms with Gasteiger partial charge in [-0.15, -0.1) is 0 Å². The summed E-state index contributed by atoms with van der Waals surface area (Å²) < 4.78 is 0. The minimum absolute atomic E-state index is 0.382. The predicted octanol–water partition coefficient (Wildman–Crippen LogP) is 6.92. The first kappa shape index (κ1) is 24.4. The van der Waals surface area contributed by atoms with Crippen molar-refractivity contribution < 1.29 is 12.9 Å². The molecule has 0 fully saturated rings. The molecule has 0 amide bonds. The van der Waals surface area contributed by atoms with Crippen LogP contribution >= 0.6 is 20.3 Å². The van der Waals surface area contributed by atoms with Crippen LogP contribution < -0.4 is 10.4 Å². The topological polar surface area (TPSA) is 25.8 Å². The van der Waals surface area contributed by atoms with Gasteiger partial charge in [0.05, 0.1) is 32.9 Å². The zero-order chi connectivity index (χ0) is 22.8. The molecule has 4 rings (SSSR count). The summed E-state index contributed by atoms with van der Waals surface area (Å²) in [6.45, 7) is 14.5. The van der Waals surface area contributed by atoms with E-state index in [1.165, 1.54) is 15.9 Å². The molecule has 0 atom stereocenters. The number of halogens is 2. The molecule has 2 nitrogen and oxygen atoms in total. The molecule has 0 spiro atoms. The number of pyridine rings is 2. The zero-order valence-electron chi connectivity index (χ0n) is 18.8. The molecule has 0 aliphatic carbocycles. The normalized spacial score (nSPS) is 12.1. The first-order valence-corrected chi connectivity index (χ1v) is 20.1.